The molecule has 0 radical (unpaired) electrons. The van der Waals surface area contributed by atoms with E-state index in [0.717, 1.165) is 21.8 Å². The van der Waals surface area contributed by atoms with Crippen molar-refractivity contribution in [3.05, 3.63) is 119 Å². The quantitative estimate of drug-likeness (QED) is 0.595. The molecule has 0 amide bonds. The van der Waals surface area contributed by atoms with Gasteiger partial charge in [-0.2, -0.15) is 0 Å². The van der Waals surface area contributed by atoms with E-state index in [0.29, 0.717) is 0 Å². The molecule has 0 spiro atoms. The lowest BCUT2D eigenvalue weighted by atomic mass is 9.98. The Hall–Kier alpha value is -3.04. The highest BCUT2D eigenvalue weighted by atomic mass is 32.2. The van der Waals surface area contributed by atoms with E-state index in [1.54, 1.807) is 18.9 Å². The second kappa shape index (κ2) is 8.54. The Labute approximate surface area is 176 Å². The van der Waals surface area contributed by atoms with Gasteiger partial charge in [0.15, 0.2) is 5.71 Å². The Bertz CT molecular complexity index is 1080. The lowest BCUT2D eigenvalue weighted by molar-refractivity contribution is -0.462. The minimum Gasteiger partial charge on any atom is -0.495 e. The number of methoxy groups -OCH3 is 1. The molecule has 0 fully saturated rings. The first-order valence-corrected chi connectivity index (χ1v) is 10.4. The minimum absolute atomic E-state index is 0.915. The van der Waals surface area contributed by atoms with Gasteiger partial charge < -0.3 is 4.74 Å². The monoisotopic (exact) mass is 398 g/mol. The highest BCUT2D eigenvalue weighted by Crippen LogP contribution is 2.48. The number of thioether (sulfide) groups is 1. The summed E-state index contributed by atoms with van der Waals surface area (Å²) in [6.07, 6.45) is 10.9. The molecule has 4 rings (SSSR count). The van der Waals surface area contributed by atoms with Crippen LogP contribution in [0.1, 0.15) is 11.1 Å². The molecule has 3 heteroatoms. The molecule has 1 aliphatic carbocycles. The van der Waals surface area contributed by atoms with Crippen LogP contribution in [0.2, 0.25) is 0 Å². The summed E-state index contributed by atoms with van der Waals surface area (Å²) < 4.78 is 8.06. The molecule has 2 aromatic carbocycles. The largest absolute Gasteiger partial charge is 0.495 e. The van der Waals surface area contributed by atoms with Crippen molar-refractivity contribution in [3.63, 3.8) is 0 Å². The normalized spacial score (nSPS) is 16.2. The Kier molecular flexibility index (Phi) is 5.68. The molecule has 1 heterocycles. The number of hydrogen-bond donors (Lipinski definition) is 0. The van der Waals surface area contributed by atoms with Crippen molar-refractivity contribution in [2.75, 3.05) is 21.2 Å². The van der Waals surface area contributed by atoms with Gasteiger partial charge in [-0.15, -0.1) is 0 Å². The maximum Gasteiger partial charge on any atom is 0.199 e. The van der Waals surface area contributed by atoms with Crippen LogP contribution in [0.5, 0.6) is 0 Å². The number of benzene rings is 2. The highest BCUT2D eigenvalue weighted by Gasteiger charge is 2.24. The first-order valence-electron chi connectivity index (χ1n) is 9.61. The van der Waals surface area contributed by atoms with E-state index in [1.807, 2.05) is 6.07 Å². The molecule has 0 atom stereocenters. The Morgan fingerprint density at radius 1 is 0.759 bits per heavy atom. The first-order chi connectivity index (χ1) is 14.2. The Morgan fingerprint density at radius 3 is 1.90 bits per heavy atom. The van der Waals surface area contributed by atoms with Gasteiger partial charge in [0, 0.05) is 22.6 Å². The lowest BCUT2D eigenvalue weighted by Crippen LogP contribution is -2.10. The van der Waals surface area contributed by atoms with Crippen molar-refractivity contribution in [1.29, 1.82) is 0 Å². The maximum atomic E-state index is 5.95. The van der Waals surface area contributed by atoms with Crippen LogP contribution in [-0.2, 0) is 4.74 Å². The summed E-state index contributed by atoms with van der Waals surface area (Å²) in [6, 6.07) is 21.0. The van der Waals surface area contributed by atoms with Gasteiger partial charge in [0.05, 0.1) is 12.0 Å². The molecule has 0 bridgehead atoms. The Morgan fingerprint density at radius 2 is 1.34 bits per heavy atom. The third-order valence-corrected chi connectivity index (χ3v) is 6.13. The summed E-state index contributed by atoms with van der Waals surface area (Å²) >= 11 is 1.76. The third-order valence-electron chi connectivity index (χ3n) is 4.93. The zero-order valence-electron chi connectivity index (χ0n) is 16.9. The standard InChI is InChI=1S/C26H24NOS/c1-27(2)22-16-14-19(15-17-22)23-18-24(20-10-6-4-7-11-20)29-26(25(23)28-3)21-12-8-5-9-13-21/h4-18H,1-3H3/q+1. The number of hydrogen-bond acceptors (Lipinski definition) is 2. The molecule has 2 aliphatic rings. The van der Waals surface area contributed by atoms with Crippen LogP contribution in [0.3, 0.4) is 0 Å². The van der Waals surface area contributed by atoms with Crippen LogP contribution >= 0.6 is 11.8 Å². The van der Waals surface area contributed by atoms with Gasteiger partial charge in [0.2, 0.25) is 0 Å². The second-order valence-electron chi connectivity index (χ2n) is 7.06. The van der Waals surface area contributed by atoms with Gasteiger partial charge in [-0.05, 0) is 34.9 Å². The SMILES string of the molecule is COC1=C(c2ccccc2)SC(c2ccccc2)=CC1=C1C=CC(=[N+](C)C)C=C1. The highest BCUT2D eigenvalue weighted by molar-refractivity contribution is 8.16. The van der Waals surface area contributed by atoms with Gasteiger partial charge in [0.1, 0.15) is 19.9 Å². The van der Waals surface area contributed by atoms with E-state index < -0.39 is 0 Å². The zero-order valence-corrected chi connectivity index (χ0v) is 17.7. The van der Waals surface area contributed by atoms with Gasteiger partial charge >= 0.3 is 0 Å². The van der Waals surface area contributed by atoms with Gasteiger partial charge in [0.25, 0.3) is 0 Å². The zero-order chi connectivity index (χ0) is 20.2. The average Bonchev–Trinajstić information content (AvgIpc) is 2.79. The molecule has 2 nitrogen and oxygen atoms in total. The first kappa shape index (κ1) is 19.3. The smallest absolute Gasteiger partial charge is 0.199 e. The van der Waals surface area contributed by atoms with Gasteiger partial charge in [-0.1, -0.05) is 72.4 Å². The molecular formula is C26H24NOS+. The van der Waals surface area contributed by atoms with Crippen molar-refractivity contribution in [1.82, 2.24) is 0 Å². The van der Waals surface area contributed by atoms with E-state index >= 15 is 0 Å². The number of nitrogens with zero attached hydrogens (tertiary/aromatic N) is 1. The predicted octanol–water partition coefficient (Wildman–Crippen LogP) is 5.93. The molecule has 0 unspecified atom stereocenters. The molecule has 0 saturated carbocycles. The number of rotatable bonds is 3. The van der Waals surface area contributed by atoms with Crippen molar-refractivity contribution >= 4 is 27.3 Å². The molecule has 29 heavy (non-hydrogen) atoms. The van der Waals surface area contributed by atoms with Crippen LogP contribution in [0.25, 0.3) is 9.81 Å². The number of allylic oxidation sites excluding steroid dienone is 6. The summed E-state index contributed by atoms with van der Waals surface area (Å²) in [5.41, 5.74) is 5.81. The average molecular weight is 399 g/mol. The Balaban J connectivity index is 1.91. The summed E-state index contributed by atoms with van der Waals surface area (Å²) in [5, 5.41) is 0. The summed E-state index contributed by atoms with van der Waals surface area (Å²) in [7, 11) is 5.87. The summed E-state index contributed by atoms with van der Waals surface area (Å²) in [5.74, 6) is 0.915. The molecular weight excluding hydrogens is 374 g/mol. The molecule has 144 valence electrons. The lowest BCUT2D eigenvalue weighted by Gasteiger charge is -2.23. The van der Waals surface area contributed by atoms with Crippen LogP contribution in [0.15, 0.2) is 108 Å². The van der Waals surface area contributed by atoms with E-state index in [4.69, 9.17) is 4.74 Å². The molecule has 0 aromatic heterocycles. The fourth-order valence-corrected chi connectivity index (χ4v) is 4.58. The molecule has 2 aromatic rings. The van der Waals surface area contributed by atoms with Crippen molar-refractivity contribution < 1.29 is 9.31 Å². The predicted molar refractivity (Wildman–Crippen MR) is 125 cm³/mol. The second-order valence-corrected chi connectivity index (χ2v) is 8.11. The van der Waals surface area contributed by atoms with Crippen LogP contribution in [0.4, 0.5) is 0 Å². The van der Waals surface area contributed by atoms with Crippen LogP contribution < -0.4 is 0 Å². The molecule has 0 N–H and O–H groups in total. The van der Waals surface area contributed by atoms with Crippen LogP contribution in [0, 0.1) is 0 Å². The summed E-state index contributed by atoms with van der Waals surface area (Å²) in [6.45, 7) is 0. The van der Waals surface area contributed by atoms with E-state index in [9.17, 15) is 0 Å². The third kappa shape index (κ3) is 4.06. The van der Waals surface area contributed by atoms with Crippen LogP contribution in [-0.4, -0.2) is 31.5 Å². The topological polar surface area (TPSA) is 12.2 Å². The van der Waals surface area contributed by atoms with Crippen molar-refractivity contribution in [3.8, 4) is 0 Å². The van der Waals surface area contributed by atoms with Gasteiger partial charge in [-0.25, -0.2) is 4.58 Å². The van der Waals surface area contributed by atoms with Gasteiger partial charge in [-0.3, -0.25) is 0 Å². The number of ether oxygens (including phenoxy) is 1. The van der Waals surface area contributed by atoms with E-state index in [1.165, 1.54) is 21.7 Å². The van der Waals surface area contributed by atoms with Crippen molar-refractivity contribution in [2.24, 2.45) is 0 Å². The molecule has 0 saturated heterocycles. The van der Waals surface area contributed by atoms with Crippen molar-refractivity contribution in [2.45, 2.75) is 0 Å². The fourth-order valence-electron chi connectivity index (χ4n) is 3.39. The maximum absolute atomic E-state index is 5.95. The fraction of sp³-hybridized carbons (Fsp3) is 0.115. The molecule has 1 aliphatic heterocycles. The van der Waals surface area contributed by atoms with E-state index in [-0.39, 0.29) is 0 Å². The minimum atomic E-state index is 0.915. The summed E-state index contributed by atoms with van der Waals surface area (Å²) in [4.78, 5) is 2.36. The van der Waals surface area contributed by atoms with E-state index in [2.05, 4.69) is 104 Å².